The van der Waals surface area contributed by atoms with Gasteiger partial charge in [0.25, 0.3) is 0 Å². The average Bonchev–Trinajstić information content (AvgIpc) is 2.96. The fourth-order valence-electron chi connectivity index (χ4n) is 1.55. The number of phenols is 1. The van der Waals surface area contributed by atoms with Crippen LogP contribution in [0.3, 0.4) is 0 Å². The molecule has 0 aliphatic carbocycles. The van der Waals surface area contributed by atoms with Crippen LogP contribution in [0.2, 0.25) is 0 Å². The van der Waals surface area contributed by atoms with Crippen molar-refractivity contribution in [2.24, 2.45) is 0 Å². The minimum atomic E-state index is 0.174. The predicted octanol–water partition coefficient (Wildman–Crippen LogP) is 1.45. The topological polar surface area (TPSA) is 49.8 Å². The van der Waals surface area contributed by atoms with Gasteiger partial charge in [-0.15, -0.1) is 0 Å². The lowest BCUT2D eigenvalue weighted by molar-refractivity contribution is 0.112. The van der Waals surface area contributed by atoms with Crippen molar-refractivity contribution in [3.63, 3.8) is 0 Å². The van der Waals surface area contributed by atoms with Gasteiger partial charge in [0.2, 0.25) is 0 Å². The van der Waals surface area contributed by atoms with Gasteiger partial charge >= 0.3 is 0 Å². The predicted molar refractivity (Wildman–Crippen MR) is 51.7 cm³/mol. The van der Waals surface area contributed by atoms with Crippen LogP contribution in [-0.2, 0) is 11.2 Å². The number of phenolic OH excluding ortho intramolecular Hbond substituents is 1. The van der Waals surface area contributed by atoms with Crippen LogP contribution in [0.5, 0.6) is 5.75 Å². The van der Waals surface area contributed by atoms with Gasteiger partial charge < -0.3 is 9.84 Å². The maximum atomic E-state index is 10.9. The van der Waals surface area contributed by atoms with Crippen LogP contribution in [0.1, 0.15) is 21.5 Å². The first-order valence-corrected chi connectivity index (χ1v) is 4.60. The van der Waals surface area contributed by atoms with E-state index in [0.717, 1.165) is 24.9 Å². The summed E-state index contributed by atoms with van der Waals surface area (Å²) in [7, 11) is 0. The van der Waals surface area contributed by atoms with Crippen molar-refractivity contribution in [1.29, 1.82) is 0 Å². The van der Waals surface area contributed by atoms with Crippen LogP contribution in [-0.4, -0.2) is 24.1 Å². The van der Waals surface area contributed by atoms with Crippen molar-refractivity contribution >= 4 is 6.29 Å². The zero-order valence-corrected chi connectivity index (χ0v) is 7.99. The molecule has 3 nitrogen and oxygen atoms in total. The molecule has 0 radical (unpaired) electrons. The molecule has 1 saturated heterocycles. The zero-order valence-electron chi connectivity index (χ0n) is 7.99. The van der Waals surface area contributed by atoms with Crippen molar-refractivity contribution < 1.29 is 14.6 Å². The quantitative estimate of drug-likeness (QED) is 0.582. The molecule has 1 aromatic carbocycles. The molecule has 14 heavy (non-hydrogen) atoms. The summed E-state index contributed by atoms with van der Waals surface area (Å²) in [6.07, 6.45) is 1.82. The molecule has 0 amide bonds. The SMILES string of the molecule is Cc1c(O)ccc(CC2CO2)c1C=O. The molecule has 0 bridgehead atoms. The highest BCUT2D eigenvalue weighted by molar-refractivity contribution is 5.81. The Morgan fingerprint density at radius 2 is 2.36 bits per heavy atom. The minimum absolute atomic E-state index is 0.174. The fourth-order valence-corrected chi connectivity index (χ4v) is 1.55. The highest BCUT2D eigenvalue weighted by Gasteiger charge is 2.24. The third-order valence-corrected chi connectivity index (χ3v) is 2.54. The number of ether oxygens (including phenoxy) is 1. The summed E-state index contributed by atoms with van der Waals surface area (Å²) in [6, 6.07) is 3.41. The molecule has 74 valence electrons. The van der Waals surface area contributed by atoms with Crippen LogP contribution in [0.25, 0.3) is 0 Å². The van der Waals surface area contributed by atoms with Gasteiger partial charge in [0, 0.05) is 17.5 Å². The van der Waals surface area contributed by atoms with E-state index in [0.29, 0.717) is 11.1 Å². The van der Waals surface area contributed by atoms with E-state index in [9.17, 15) is 9.90 Å². The third kappa shape index (κ3) is 1.63. The fraction of sp³-hybridized carbons (Fsp3) is 0.364. The Kier molecular flexibility index (Phi) is 2.25. The molecule has 2 rings (SSSR count). The molecule has 0 spiro atoms. The van der Waals surface area contributed by atoms with Crippen LogP contribution in [0.4, 0.5) is 0 Å². The number of aromatic hydroxyl groups is 1. The molecule has 3 heteroatoms. The Balaban J connectivity index is 2.37. The number of rotatable bonds is 3. The van der Waals surface area contributed by atoms with Gasteiger partial charge in [0.1, 0.15) is 5.75 Å². The molecule has 1 heterocycles. The molecule has 1 fully saturated rings. The number of benzene rings is 1. The second-order valence-electron chi connectivity index (χ2n) is 3.56. The van der Waals surface area contributed by atoms with E-state index in [1.807, 2.05) is 0 Å². The van der Waals surface area contributed by atoms with E-state index in [1.165, 1.54) is 0 Å². The second-order valence-corrected chi connectivity index (χ2v) is 3.56. The molecule has 1 aliphatic rings. The van der Waals surface area contributed by atoms with E-state index >= 15 is 0 Å². The van der Waals surface area contributed by atoms with Gasteiger partial charge in [-0.2, -0.15) is 0 Å². The number of carbonyl (C=O) groups excluding carboxylic acids is 1. The van der Waals surface area contributed by atoms with Gasteiger partial charge in [-0.1, -0.05) is 6.07 Å². The van der Waals surface area contributed by atoms with E-state index in [1.54, 1.807) is 19.1 Å². The van der Waals surface area contributed by atoms with Crippen molar-refractivity contribution in [3.8, 4) is 5.75 Å². The lowest BCUT2D eigenvalue weighted by atomic mass is 9.99. The molecule has 1 N–H and O–H groups in total. The van der Waals surface area contributed by atoms with Crippen LogP contribution in [0, 0.1) is 6.92 Å². The molecule has 1 aromatic rings. The molecule has 1 aliphatic heterocycles. The molecule has 1 atom stereocenters. The Hall–Kier alpha value is -1.35. The monoisotopic (exact) mass is 192 g/mol. The largest absolute Gasteiger partial charge is 0.508 e. The van der Waals surface area contributed by atoms with Crippen molar-refractivity contribution in [3.05, 3.63) is 28.8 Å². The lowest BCUT2D eigenvalue weighted by Crippen LogP contribution is -2.00. The molecule has 0 saturated carbocycles. The Bertz CT molecular complexity index is 367. The Morgan fingerprint density at radius 1 is 1.64 bits per heavy atom. The summed E-state index contributed by atoms with van der Waals surface area (Å²) >= 11 is 0. The van der Waals surface area contributed by atoms with Crippen LogP contribution >= 0.6 is 0 Å². The number of epoxide rings is 1. The van der Waals surface area contributed by atoms with Gasteiger partial charge in [-0.05, 0) is 18.6 Å². The summed E-state index contributed by atoms with van der Waals surface area (Å²) in [5.41, 5.74) is 2.21. The van der Waals surface area contributed by atoms with E-state index in [4.69, 9.17) is 4.74 Å². The Labute approximate surface area is 82.3 Å². The highest BCUT2D eigenvalue weighted by Crippen LogP contribution is 2.25. The van der Waals surface area contributed by atoms with Crippen LogP contribution in [0.15, 0.2) is 12.1 Å². The third-order valence-electron chi connectivity index (χ3n) is 2.54. The maximum Gasteiger partial charge on any atom is 0.150 e. The highest BCUT2D eigenvalue weighted by atomic mass is 16.6. The first-order chi connectivity index (χ1) is 6.72. The maximum absolute atomic E-state index is 10.9. The van der Waals surface area contributed by atoms with E-state index < -0.39 is 0 Å². The first kappa shape index (κ1) is 9.21. The molecule has 1 unspecified atom stereocenters. The first-order valence-electron chi connectivity index (χ1n) is 4.60. The zero-order chi connectivity index (χ0) is 10.1. The normalized spacial score (nSPS) is 19.4. The smallest absolute Gasteiger partial charge is 0.150 e. The second kappa shape index (κ2) is 3.42. The standard InChI is InChI=1S/C11H12O3/c1-7-10(5-12)8(2-3-11(7)13)4-9-6-14-9/h2-3,5,9,13H,4,6H2,1H3. The van der Waals surface area contributed by atoms with Crippen molar-refractivity contribution in [2.75, 3.05) is 6.61 Å². The summed E-state index contributed by atoms with van der Waals surface area (Å²) in [5, 5.41) is 9.42. The number of aldehydes is 1. The summed E-state index contributed by atoms with van der Waals surface area (Å²) in [4.78, 5) is 10.9. The minimum Gasteiger partial charge on any atom is -0.508 e. The number of carbonyl (C=O) groups is 1. The number of hydrogen-bond donors (Lipinski definition) is 1. The Morgan fingerprint density at radius 3 is 2.93 bits per heavy atom. The van der Waals surface area contributed by atoms with Crippen LogP contribution < -0.4 is 0 Å². The lowest BCUT2D eigenvalue weighted by Gasteiger charge is -2.07. The molecular weight excluding hydrogens is 180 g/mol. The van der Waals surface area contributed by atoms with Gasteiger partial charge in [0.05, 0.1) is 12.7 Å². The summed E-state index contributed by atoms with van der Waals surface area (Å²) < 4.78 is 5.10. The average molecular weight is 192 g/mol. The summed E-state index contributed by atoms with van der Waals surface area (Å²) in [6.45, 7) is 2.52. The van der Waals surface area contributed by atoms with Crippen molar-refractivity contribution in [2.45, 2.75) is 19.4 Å². The van der Waals surface area contributed by atoms with Gasteiger partial charge in [-0.25, -0.2) is 0 Å². The van der Waals surface area contributed by atoms with Gasteiger partial charge in [0.15, 0.2) is 6.29 Å². The number of hydrogen-bond acceptors (Lipinski definition) is 3. The summed E-state index contributed by atoms with van der Waals surface area (Å²) in [5.74, 6) is 0.174. The van der Waals surface area contributed by atoms with E-state index in [2.05, 4.69) is 0 Å². The van der Waals surface area contributed by atoms with Gasteiger partial charge in [-0.3, -0.25) is 4.79 Å². The molecular formula is C11H12O3. The molecule has 0 aromatic heterocycles. The van der Waals surface area contributed by atoms with Crippen molar-refractivity contribution in [1.82, 2.24) is 0 Å². The van der Waals surface area contributed by atoms with E-state index in [-0.39, 0.29) is 11.9 Å².